The molecule has 1 N–H and O–H groups in total. The van der Waals surface area contributed by atoms with Crippen molar-refractivity contribution >= 4 is 5.78 Å². The zero-order valence-electron chi connectivity index (χ0n) is 7.63. The van der Waals surface area contributed by atoms with E-state index in [0.29, 0.717) is 12.2 Å². The third kappa shape index (κ3) is 1.13. The van der Waals surface area contributed by atoms with Crippen LogP contribution in [0.4, 0.5) is 0 Å². The van der Waals surface area contributed by atoms with E-state index in [1.807, 2.05) is 6.92 Å². The van der Waals surface area contributed by atoms with Crippen LogP contribution in [0, 0.1) is 0 Å². The SMILES string of the molecule is CCc1c(O)ccc2c1CCC2=O. The van der Waals surface area contributed by atoms with Gasteiger partial charge in [-0.15, -0.1) is 0 Å². The fourth-order valence-corrected chi connectivity index (χ4v) is 2.00. The number of Topliss-reactive ketones (excluding diaryl/α,β-unsaturated/α-hetero) is 1. The minimum Gasteiger partial charge on any atom is -0.508 e. The normalized spacial score (nSPS) is 14.7. The molecule has 2 heteroatoms. The summed E-state index contributed by atoms with van der Waals surface area (Å²) in [5, 5.41) is 9.55. The van der Waals surface area contributed by atoms with E-state index in [1.165, 1.54) is 0 Å². The maximum absolute atomic E-state index is 11.4. The van der Waals surface area contributed by atoms with Crippen LogP contribution in [0.5, 0.6) is 5.75 Å². The third-order valence-corrected chi connectivity index (χ3v) is 2.66. The van der Waals surface area contributed by atoms with Gasteiger partial charge in [0.25, 0.3) is 0 Å². The molecule has 1 aromatic rings. The molecule has 0 unspecified atom stereocenters. The lowest BCUT2D eigenvalue weighted by molar-refractivity contribution is 0.0994. The van der Waals surface area contributed by atoms with Gasteiger partial charge in [-0.1, -0.05) is 6.92 Å². The Morgan fingerprint density at radius 3 is 2.85 bits per heavy atom. The predicted molar refractivity (Wildman–Crippen MR) is 50.1 cm³/mol. The minimum absolute atomic E-state index is 0.213. The summed E-state index contributed by atoms with van der Waals surface area (Å²) in [6, 6.07) is 3.36. The lowest BCUT2D eigenvalue weighted by Gasteiger charge is -2.07. The highest BCUT2D eigenvalue weighted by Crippen LogP contribution is 2.31. The molecule has 1 aliphatic rings. The summed E-state index contributed by atoms with van der Waals surface area (Å²) in [5.41, 5.74) is 2.82. The Balaban J connectivity index is 2.64. The van der Waals surface area contributed by atoms with Gasteiger partial charge in [0.15, 0.2) is 5.78 Å². The van der Waals surface area contributed by atoms with Crippen molar-refractivity contribution in [3.8, 4) is 5.75 Å². The van der Waals surface area contributed by atoms with Crippen LogP contribution in [-0.2, 0) is 12.8 Å². The monoisotopic (exact) mass is 176 g/mol. The summed E-state index contributed by atoms with van der Waals surface area (Å²) in [7, 11) is 0. The number of fused-ring (bicyclic) bond motifs is 1. The molecule has 0 aromatic heterocycles. The number of benzene rings is 1. The average molecular weight is 176 g/mol. The van der Waals surface area contributed by atoms with Crippen molar-refractivity contribution in [3.63, 3.8) is 0 Å². The molecule has 0 bridgehead atoms. The van der Waals surface area contributed by atoms with Crippen molar-refractivity contribution in [3.05, 3.63) is 28.8 Å². The Morgan fingerprint density at radius 1 is 1.38 bits per heavy atom. The first-order valence-electron chi connectivity index (χ1n) is 4.61. The first kappa shape index (κ1) is 8.30. The van der Waals surface area contributed by atoms with Crippen molar-refractivity contribution in [2.75, 3.05) is 0 Å². The van der Waals surface area contributed by atoms with Gasteiger partial charge >= 0.3 is 0 Å². The lowest BCUT2D eigenvalue weighted by atomic mass is 10.0. The molecule has 0 aliphatic heterocycles. The Kier molecular flexibility index (Phi) is 1.83. The number of hydrogen-bond acceptors (Lipinski definition) is 2. The van der Waals surface area contributed by atoms with Crippen molar-refractivity contribution in [1.29, 1.82) is 0 Å². The largest absolute Gasteiger partial charge is 0.508 e. The Labute approximate surface area is 77.2 Å². The first-order valence-corrected chi connectivity index (χ1v) is 4.61. The molecule has 1 aromatic carbocycles. The number of aromatic hydroxyl groups is 1. The fraction of sp³-hybridized carbons (Fsp3) is 0.364. The minimum atomic E-state index is 0.213. The maximum atomic E-state index is 11.4. The Morgan fingerprint density at radius 2 is 2.15 bits per heavy atom. The van der Waals surface area contributed by atoms with Crippen LogP contribution in [0.3, 0.4) is 0 Å². The molecule has 1 aliphatic carbocycles. The van der Waals surface area contributed by atoms with Crippen molar-refractivity contribution < 1.29 is 9.90 Å². The van der Waals surface area contributed by atoms with E-state index in [9.17, 15) is 9.90 Å². The van der Waals surface area contributed by atoms with E-state index in [4.69, 9.17) is 0 Å². The van der Waals surface area contributed by atoms with Crippen LogP contribution in [0.2, 0.25) is 0 Å². The van der Waals surface area contributed by atoms with Crippen LogP contribution in [0.1, 0.15) is 34.8 Å². The number of phenols is 1. The molecule has 0 spiro atoms. The van der Waals surface area contributed by atoms with Gasteiger partial charge in [0.1, 0.15) is 5.75 Å². The van der Waals surface area contributed by atoms with E-state index in [0.717, 1.165) is 29.5 Å². The molecule has 0 fully saturated rings. The smallest absolute Gasteiger partial charge is 0.163 e. The highest BCUT2D eigenvalue weighted by atomic mass is 16.3. The van der Waals surface area contributed by atoms with E-state index in [-0.39, 0.29) is 5.78 Å². The number of carbonyl (C=O) groups excluding carboxylic acids is 1. The number of phenolic OH excluding ortho intramolecular Hbond substituents is 1. The predicted octanol–water partition coefficient (Wildman–Crippen LogP) is 2.08. The molecule has 0 saturated heterocycles. The molecule has 0 saturated carbocycles. The number of ketones is 1. The molecular weight excluding hydrogens is 164 g/mol. The summed E-state index contributed by atoms with van der Waals surface area (Å²) >= 11 is 0. The Hall–Kier alpha value is -1.31. The summed E-state index contributed by atoms with van der Waals surface area (Å²) in [4.78, 5) is 11.4. The van der Waals surface area contributed by atoms with Crippen LogP contribution < -0.4 is 0 Å². The molecule has 2 rings (SSSR count). The van der Waals surface area contributed by atoms with Crippen LogP contribution in [0.25, 0.3) is 0 Å². The highest BCUT2D eigenvalue weighted by Gasteiger charge is 2.22. The third-order valence-electron chi connectivity index (χ3n) is 2.66. The average Bonchev–Trinajstić information content (AvgIpc) is 2.48. The van der Waals surface area contributed by atoms with Gasteiger partial charge in [-0.25, -0.2) is 0 Å². The topological polar surface area (TPSA) is 37.3 Å². The molecular formula is C11H12O2. The summed E-state index contributed by atoms with van der Waals surface area (Å²) < 4.78 is 0. The second kappa shape index (κ2) is 2.87. The molecule has 2 nitrogen and oxygen atoms in total. The fourth-order valence-electron chi connectivity index (χ4n) is 2.00. The van der Waals surface area contributed by atoms with Crippen LogP contribution >= 0.6 is 0 Å². The molecule has 0 heterocycles. The first-order chi connectivity index (χ1) is 6.24. The van der Waals surface area contributed by atoms with E-state index < -0.39 is 0 Å². The molecule has 0 amide bonds. The number of carbonyl (C=O) groups is 1. The summed E-state index contributed by atoms with van der Waals surface area (Å²) in [6.45, 7) is 2.00. The van der Waals surface area contributed by atoms with Crippen LogP contribution in [-0.4, -0.2) is 10.9 Å². The van der Waals surface area contributed by atoms with Gasteiger partial charge in [0.05, 0.1) is 0 Å². The standard InChI is InChI=1S/C11H12O2/c1-2-7-8-3-5-11(13)9(8)4-6-10(7)12/h4,6,12H,2-3,5H2,1H3. The quantitative estimate of drug-likeness (QED) is 0.711. The van der Waals surface area contributed by atoms with Crippen molar-refractivity contribution in [2.45, 2.75) is 26.2 Å². The summed E-state index contributed by atoms with van der Waals surface area (Å²) in [6.07, 6.45) is 2.19. The maximum Gasteiger partial charge on any atom is 0.163 e. The van der Waals surface area contributed by atoms with Gasteiger partial charge in [-0.3, -0.25) is 4.79 Å². The second-order valence-corrected chi connectivity index (χ2v) is 3.37. The van der Waals surface area contributed by atoms with E-state index in [1.54, 1.807) is 12.1 Å². The van der Waals surface area contributed by atoms with Crippen molar-refractivity contribution in [1.82, 2.24) is 0 Å². The summed E-state index contributed by atoms with van der Waals surface area (Å²) in [5.74, 6) is 0.542. The molecule has 0 radical (unpaired) electrons. The van der Waals surface area contributed by atoms with Gasteiger partial charge < -0.3 is 5.11 Å². The van der Waals surface area contributed by atoms with Gasteiger partial charge in [-0.05, 0) is 36.1 Å². The molecule has 68 valence electrons. The van der Waals surface area contributed by atoms with Gasteiger partial charge in [0, 0.05) is 12.0 Å². The van der Waals surface area contributed by atoms with Gasteiger partial charge in [-0.2, -0.15) is 0 Å². The second-order valence-electron chi connectivity index (χ2n) is 3.37. The zero-order chi connectivity index (χ0) is 9.42. The molecule has 13 heavy (non-hydrogen) atoms. The zero-order valence-corrected chi connectivity index (χ0v) is 7.63. The van der Waals surface area contributed by atoms with E-state index >= 15 is 0 Å². The number of rotatable bonds is 1. The van der Waals surface area contributed by atoms with Gasteiger partial charge in [0.2, 0.25) is 0 Å². The highest BCUT2D eigenvalue weighted by molar-refractivity contribution is 6.01. The molecule has 0 atom stereocenters. The number of hydrogen-bond donors (Lipinski definition) is 1. The van der Waals surface area contributed by atoms with E-state index in [2.05, 4.69) is 0 Å². The Bertz CT molecular complexity index is 367. The van der Waals surface area contributed by atoms with Crippen molar-refractivity contribution in [2.24, 2.45) is 0 Å². The van der Waals surface area contributed by atoms with Crippen LogP contribution in [0.15, 0.2) is 12.1 Å². The lowest BCUT2D eigenvalue weighted by Crippen LogP contribution is -1.94.